The first-order valence-corrected chi connectivity index (χ1v) is 6.14. The zero-order valence-electron chi connectivity index (χ0n) is 11.2. The number of aliphatic hydroxyl groups is 1. The molecule has 0 spiro atoms. The molecule has 0 aliphatic carbocycles. The predicted molar refractivity (Wildman–Crippen MR) is 71.8 cm³/mol. The average molecular weight is 251 g/mol. The van der Waals surface area contributed by atoms with E-state index in [1.54, 1.807) is 23.2 Å². The van der Waals surface area contributed by atoms with Gasteiger partial charge < -0.3 is 15.3 Å². The quantitative estimate of drug-likeness (QED) is 0.793. The average Bonchev–Trinajstić information content (AvgIpc) is 2.36. The molecule has 0 bridgehead atoms. The van der Waals surface area contributed by atoms with Crippen LogP contribution in [0, 0.1) is 0 Å². The largest absolute Gasteiger partial charge is 0.391 e. The molecule has 0 aliphatic rings. The Morgan fingerprint density at radius 1 is 1.56 bits per heavy atom. The summed E-state index contributed by atoms with van der Waals surface area (Å²) in [6, 6.07) is 3.45. The number of nitrogens with zero attached hydrogens (tertiary/aromatic N) is 2. The highest BCUT2D eigenvalue weighted by molar-refractivity contribution is 5.98. The van der Waals surface area contributed by atoms with Crippen LogP contribution in [0.5, 0.6) is 0 Å². The molecule has 18 heavy (non-hydrogen) atoms. The van der Waals surface area contributed by atoms with Gasteiger partial charge in [-0.15, -0.1) is 0 Å². The van der Waals surface area contributed by atoms with Crippen molar-refractivity contribution in [2.75, 3.05) is 25.5 Å². The van der Waals surface area contributed by atoms with Gasteiger partial charge >= 0.3 is 0 Å². The second-order valence-corrected chi connectivity index (χ2v) is 4.42. The molecule has 1 aromatic heterocycles. The van der Waals surface area contributed by atoms with Crippen LogP contribution in [0.4, 0.5) is 5.82 Å². The van der Waals surface area contributed by atoms with E-state index in [0.29, 0.717) is 17.8 Å². The number of hydrogen-bond acceptors (Lipinski definition) is 4. The van der Waals surface area contributed by atoms with Gasteiger partial charge in [-0.2, -0.15) is 0 Å². The summed E-state index contributed by atoms with van der Waals surface area (Å²) < 4.78 is 0. The van der Waals surface area contributed by atoms with Crippen LogP contribution in [0.3, 0.4) is 0 Å². The highest BCUT2D eigenvalue weighted by Crippen LogP contribution is 2.13. The van der Waals surface area contributed by atoms with E-state index < -0.39 is 6.10 Å². The van der Waals surface area contributed by atoms with Gasteiger partial charge in [0, 0.05) is 26.8 Å². The van der Waals surface area contributed by atoms with Gasteiger partial charge in [-0.05, 0) is 18.6 Å². The van der Waals surface area contributed by atoms with Crippen molar-refractivity contribution >= 4 is 11.7 Å². The van der Waals surface area contributed by atoms with Gasteiger partial charge in [-0.3, -0.25) is 4.79 Å². The fourth-order valence-corrected chi connectivity index (χ4v) is 1.67. The molecule has 0 radical (unpaired) electrons. The van der Waals surface area contributed by atoms with E-state index >= 15 is 0 Å². The van der Waals surface area contributed by atoms with Gasteiger partial charge in [-0.1, -0.05) is 13.3 Å². The maximum Gasteiger partial charge on any atom is 0.255 e. The van der Waals surface area contributed by atoms with Crippen molar-refractivity contribution in [1.29, 1.82) is 0 Å². The maximum absolute atomic E-state index is 12.0. The number of pyridine rings is 1. The fourth-order valence-electron chi connectivity index (χ4n) is 1.67. The van der Waals surface area contributed by atoms with Gasteiger partial charge in [0.05, 0.1) is 11.7 Å². The molecule has 1 heterocycles. The van der Waals surface area contributed by atoms with Gasteiger partial charge in [0.2, 0.25) is 0 Å². The summed E-state index contributed by atoms with van der Waals surface area (Å²) in [7, 11) is 3.68. The second kappa shape index (κ2) is 6.96. The van der Waals surface area contributed by atoms with E-state index in [2.05, 4.69) is 10.3 Å². The molecule has 0 fully saturated rings. The van der Waals surface area contributed by atoms with Crippen molar-refractivity contribution in [2.24, 2.45) is 0 Å². The number of aromatic nitrogens is 1. The van der Waals surface area contributed by atoms with E-state index in [1.807, 2.05) is 21.0 Å². The topological polar surface area (TPSA) is 65.5 Å². The van der Waals surface area contributed by atoms with Gasteiger partial charge in [0.15, 0.2) is 0 Å². The molecular formula is C13H21N3O2. The third kappa shape index (κ3) is 4.00. The van der Waals surface area contributed by atoms with Crippen LogP contribution in [0.15, 0.2) is 18.3 Å². The second-order valence-electron chi connectivity index (χ2n) is 4.42. The molecule has 1 amide bonds. The third-order valence-electron chi connectivity index (χ3n) is 2.58. The number of rotatable bonds is 6. The molecular weight excluding hydrogens is 230 g/mol. The van der Waals surface area contributed by atoms with Gasteiger partial charge in [-0.25, -0.2) is 4.98 Å². The van der Waals surface area contributed by atoms with Crippen LogP contribution >= 0.6 is 0 Å². The first-order chi connectivity index (χ1) is 8.56. The van der Waals surface area contributed by atoms with Crippen molar-refractivity contribution < 1.29 is 9.90 Å². The highest BCUT2D eigenvalue weighted by atomic mass is 16.3. The summed E-state index contributed by atoms with van der Waals surface area (Å²) in [6.07, 6.45) is 2.75. The summed E-state index contributed by atoms with van der Waals surface area (Å²) >= 11 is 0. The Kier molecular flexibility index (Phi) is 5.58. The van der Waals surface area contributed by atoms with Crippen molar-refractivity contribution in [2.45, 2.75) is 25.9 Å². The van der Waals surface area contributed by atoms with Gasteiger partial charge in [0.1, 0.15) is 5.82 Å². The summed E-state index contributed by atoms with van der Waals surface area (Å²) in [5.74, 6) is 0.418. The van der Waals surface area contributed by atoms with Crippen molar-refractivity contribution in [3.05, 3.63) is 23.9 Å². The Morgan fingerprint density at radius 3 is 2.89 bits per heavy atom. The van der Waals surface area contributed by atoms with Crippen LogP contribution < -0.4 is 10.2 Å². The SMILES string of the molecule is CCCC(O)CNC(=O)c1cccnc1N(C)C. The standard InChI is InChI=1S/C13H21N3O2/c1-4-6-10(17)9-15-13(18)11-7-5-8-14-12(11)16(2)3/h5,7-8,10,17H,4,6,9H2,1-3H3,(H,15,18). The number of carbonyl (C=O) groups excluding carboxylic acids is 1. The van der Waals surface area contributed by atoms with E-state index in [1.165, 1.54) is 0 Å². The lowest BCUT2D eigenvalue weighted by Crippen LogP contribution is -2.33. The summed E-state index contributed by atoms with van der Waals surface area (Å²) in [4.78, 5) is 17.9. The lowest BCUT2D eigenvalue weighted by molar-refractivity contribution is 0.0910. The number of carbonyl (C=O) groups is 1. The normalized spacial score (nSPS) is 12.0. The molecule has 1 unspecified atom stereocenters. The molecule has 5 nitrogen and oxygen atoms in total. The number of hydrogen-bond donors (Lipinski definition) is 2. The summed E-state index contributed by atoms with van der Waals surface area (Å²) in [6.45, 7) is 2.27. The summed E-state index contributed by atoms with van der Waals surface area (Å²) in [5, 5.41) is 12.3. The Labute approximate surface area is 108 Å². The monoisotopic (exact) mass is 251 g/mol. The Hall–Kier alpha value is -1.62. The van der Waals surface area contributed by atoms with Crippen LogP contribution in [0.1, 0.15) is 30.1 Å². The van der Waals surface area contributed by atoms with E-state index in [0.717, 1.165) is 6.42 Å². The van der Waals surface area contributed by atoms with Crippen molar-refractivity contribution in [1.82, 2.24) is 10.3 Å². The molecule has 1 atom stereocenters. The first kappa shape index (κ1) is 14.4. The molecule has 2 N–H and O–H groups in total. The van der Waals surface area contributed by atoms with Crippen molar-refractivity contribution in [3.8, 4) is 0 Å². The Morgan fingerprint density at radius 2 is 2.28 bits per heavy atom. The number of nitrogens with one attached hydrogen (secondary N) is 1. The van der Waals surface area contributed by atoms with Crippen LogP contribution in [-0.2, 0) is 0 Å². The van der Waals surface area contributed by atoms with Crippen LogP contribution in [0.25, 0.3) is 0 Å². The fraction of sp³-hybridized carbons (Fsp3) is 0.538. The first-order valence-electron chi connectivity index (χ1n) is 6.14. The lowest BCUT2D eigenvalue weighted by atomic mass is 10.2. The third-order valence-corrected chi connectivity index (χ3v) is 2.58. The minimum Gasteiger partial charge on any atom is -0.391 e. The molecule has 5 heteroatoms. The Balaban J connectivity index is 2.67. The number of amides is 1. The number of anilines is 1. The van der Waals surface area contributed by atoms with Gasteiger partial charge in [0.25, 0.3) is 5.91 Å². The molecule has 0 saturated heterocycles. The maximum atomic E-state index is 12.0. The van der Waals surface area contributed by atoms with E-state index in [9.17, 15) is 9.90 Å². The molecule has 0 aliphatic heterocycles. The van der Waals surface area contributed by atoms with Crippen LogP contribution in [-0.4, -0.2) is 42.7 Å². The molecule has 1 aromatic rings. The van der Waals surface area contributed by atoms with Crippen LogP contribution in [0.2, 0.25) is 0 Å². The zero-order valence-corrected chi connectivity index (χ0v) is 11.2. The highest BCUT2D eigenvalue weighted by Gasteiger charge is 2.14. The predicted octanol–water partition coefficient (Wildman–Crippen LogP) is 1.04. The molecule has 100 valence electrons. The Bertz CT molecular complexity index is 394. The van der Waals surface area contributed by atoms with E-state index in [-0.39, 0.29) is 12.5 Å². The smallest absolute Gasteiger partial charge is 0.255 e. The minimum absolute atomic E-state index is 0.207. The zero-order chi connectivity index (χ0) is 13.5. The summed E-state index contributed by atoms with van der Waals surface area (Å²) in [5.41, 5.74) is 0.520. The molecule has 0 aromatic carbocycles. The minimum atomic E-state index is -0.488. The van der Waals surface area contributed by atoms with Crippen molar-refractivity contribution in [3.63, 3.8) is 0 Å². The number of aliphatic hydroxyl groups excluding tert-OH is 1. The molecule has 1 rings (SSSR count). The molecule has 0 saturated carbocycles. The lowest BCUT2D eigenvalue weighted by Gasteiger charge is -2.16. The van der Waals surface area contributed by atoms with E-state index in [4.69, 9.17) is 0 Å².